The van der Waals surface area contributed by atoms with Gasteiger partial charge in [-0.25, -0.2) is 0 Å². The van der Waals surface area contributed by atoms with E-state index in [1.165, 1.54) is 15.6 Å². The van der Waals surface area contributed by atoms with Gasteiger partial charge in [-0.1, -0.05) is 45.0 Å². The molecule has 1 aliphatic heterocycles. The largest absolute Gasteiger partial charge is 0.353 e. The molecule has 32 heavy (non-hydrogen) atoms. The van der Waals surface area contributed by atoms with Crippen LogP contribution in [0.15, 0.2) is 48.5 Å². The van der Waals surface area contributed by atoms with Crippen LogP contribution in [0.2, 0.25) is 0 Å². The molecule has 1 aromatic heterocycles. The molecule has 170 valence electrons. The van der Waals surface area contributed by atoms with Gasteiger partial charge in [0, 0.05) is 43.7 Å². The average Bonchev–Trinajstić information content (AvgIpc) is 3.23. The van der Waals surface area contributed by atoms with Gasteiger partial charge >= 0.3 is 0 Å². The number of piperazine rings is 1. The summed E-state index contributed by atoms with van der Waals surface area (Å²) in [5.74, 6) is 1.16. The molecule has 1 fully saturated rings. The molecule has 0 atom stereocenters. The highest BCUT2D eigenvalue weighted by Gasteiger charge is 2.20. The van der Waals surface area contributed by atoms with Gasteiger partial charge in [0.1, 0.15) is 5.82 Å². The number of amides is 1. The lowest BCUT2D eigenvalue weighted by Crippen LogP contribution is -2.46. The summed E-state index contributed by atoms with van der Waals surface area (Å²) in [6, 6.07) is 16.5. The number of benzene rings is 2. The van der Waals surface area contributed by atoms with E-state index < -0.39 is 0 Å². The van der Waals surface area contributed by atoms with Crippen LogP contribution in [0, 0.1) is 0 Å². The van der Waals surface area contributed by atoms with Gasteiger partial charge in [0.15, 0.2) is 0 Å². The molecule has 0 aliphatic carbocycles. The first-order valence-electron chi connectivity index (χ1n) is 11.6. The number of hydrogen-bond acceptors (Lipinski definition) is 5. The number of fused-ring (bicyclic) bond motifs is 1. The molecular formula is C26H34N4OS. The Bertz CT molecular complexity index is 1030. The Balaban J connectivity index is 1.14. The molecule has 0 unspecified atom stereocenters. The monoisotopic (exact) mass is 450 g/mol. The molecule has 4 rings (SSSR count). The van der Waals surface area contributed by atoms with Crippen molar-refractivity contribution in [3.63, 3.8) is 0 Å². The number of anilines is 1. The summed E-state index contributed by atoms with van der Waals surface area (Å²) in [4.78, 5) is 17.3. The third-order valence-electron chi connectivity index (χ3n) is 6.23. The van der Waals surface area contributed by atoms with E-state index in [0.717, 1.165) is 63.5 Å². The van der Waals surface area contributed by atoms with Gasteiger partial charge in [-0.3, -0.25) is 9.69 Å². The van der Waals surface area contributed by atoms with Crippen LogP contribution in [0.5, 0.6) is 0 Å². The van der Waals surface area contributed by atoms with Crippen molar-refractivity contribution in [1.82, 2.24) is 14.6 Å². The van der Waals surface area contributed by atoms with Gasteiger partial charge in [-0.2, -0.15) is 4.37 Å². The standard InChI is InChI=1S/C26H34N4OS/c1-26(2,3)21-12-10-20(11-13-21)25(31)27-14-6-7-15-29-16-18-30(19-17-29)24-22-8-4-5-9-23(22)32-28-24/h4-5,8-13H,6-7,14-19H2,1-3H3,(H,27,31). The van der Waals surface area contributed by atoms with Crippen LogP contribution in [0.1, 0.15) is 49.5 Å². The van der Waals surface area contributed by atoms with Gasteiger partial charge in [-0.05, 0) is 66.2 Å². The lowest BCUT2D eigenvalue weighted by atomic mass is 9.87. The molecule has 5 nitrogen and oxygen atoms in total. The Kier molecular flexibility index (Phi) is 7.11. The molecule has 1 aliphatic rings. The number of unbranched alkanes of at least 4 members (excludes halogenated alkanes) is 1. The summed E-state index contributed by atoms with van der Waals surface area (Å²) in [6.07, 6.45) is 2.10. The maximum Gasteiger partial charge on any atom is 0.251 e. The second kappa shape index (κ2) is 10.0. The number of nitrogens with zero attached hydrogens (tertiary/aromatic N) is 3. The van der Waals surface area contributed by atoms with Crippen molar-refractivity contribution >= 4 is 33.3 Å². The average molecular weight is 451 g/mol. The first kappa shape index (κ1) is 22.7. The van der Waals surface area contributed by atoms with Crippen molar-refractivity contribution in [2.45, 2.75) is 39.0 Å². The minimum atomic E-state index is 0.0227. The van der Waals surface area contributed by atoms with Crippen molar-refractivity contribution < 1.29 is 4.79 Å². The summed E-state index contributed by atoms with van der Waals surface area (Å²) in [5.41, 5.74) is 2.09. The number of rotatable bonds is 7. The number of aromatic nitrogens is 1. The molecule has 0 spiro atoms. The van der Waals surface area contributed by atoms with E-state index in [1.54, 1.807) is 11.5 Å². The van der Waals surface area contributed by atoms with Crippen molar-refractivity contribution in [2.24, 2.45) is 0 Å². The summed E-state index contributed by atoms with van der Waals surface area (Å²) in [7, 11) is 0. The van der Waals surface area contributed by atoms with E-state index in [4.69, 9.17) is 4.37 Å². The lowest BCUT2D eigenvalue weighted by molar-refractivity contribution is 0.0952. The van der Waals surface area contributed by atoms with Crippen LogP contribution in [0.25, 0.3) is 10.1 Å². The van der Waals surface area contributed by atoms with Crippen molar-refractivity contribution in [1.29, 1.82) is 0 Å². The normalized spacial score (nSPS) is 15.3. The van der Waals surface area contributed by atoms with Gasteiger partial charge < -0.3 is 10.2 Å². The number of carbonyl (C=O) groups excluding carboxylic acids is 1. The summed E-state index contributed by atoms with van der Waals surface area (Å²) < 4.78 is 5.96. The fraction of sp³-hybridized carbons (Fsp3) is 0.462. The second-order valence-electron chi connectivity index (χ2n) is 9.62. The van der Waals surface area contributed by atoms with Crippen molar-refractivity contribution in [3.8, 4) is 0 Å². The van der Waals surface area contributed by atoms with Gasteiger partial charge in [0.05, 0.1) is 4.70 Å². The fourth-order valence-electron chi connectivity index (χ4n) is 4.17. The SMILES string of the molecule is CC(C)(C)c1ccc(C(=O)NCCCCN2CCN(c3nsc4ccccc34)CC2)cc1. The summed E-state index contributed by atoms with van der Waals surface area (Å²) in [6.45, 7) is 12.5. The van der Waals surface area contributed by atoms with E-state index in [-0.39, 0.29) is 11.3 Å². The number of nitrogens with one attached hydrogen (secondary N) is 1. The number of carbonyl (C=O) groups is 1. The van der Waals surface area contributed by atoms with E-state index in [9.17, 15) is 4.79 Å². The maximum absolute atomic E-state index is 12.4. The third-order valence-corrected chi connectivity index (χ3v) is 7.05. The van der Waals surface area contributed by atoms with Crippen LogP contribution >= 0.6 is 11.5 Å². The minimum Gasteiger partial charge on any atom is -0.353 e. The second-order valence-corrected chi connectivity index (χ2v) is 10.4. The lowest BCUT2D eigenvalue weighted by Gasteiger charge is -2.35. The summed E-state index contributed by atoms with van der Waals surface area (Å²) in [5, 5.41) is 4.34. The molecule has 0 radical (unpaired) electrons. The summed E-state index contributed by atoms with van der Waals surface area (Å²) >= 11 is 1.59. The fourth-order valence-corrected chi connectivity index (χ4v) is 4.97. The molecule has 1 amide bonds. The first-order chi connectivity index (χ1) is 15.4. The predicted molar refractivity (Wildman–Crippen MR) is 135 cm³/mol. The smallest absolute Gasteiger partial charge is 0.251 e. The molecule has 0 saturated carbocycles. The van der Waals surface area contributed by atoms with Crippen molar-refractivity contribution in [3.05, 3.63) is 59.7 Å². The Morgan fingerprint density at radius 1 is 1.00 bits per heavy atom. The molecule has 3 aromatic rings. The van der Waals surface area contributed by atoms with Gasteiger partial charge in [-0.15, -0.1) is 0 Å². The molecule has 0 bridgehead atoms. The number of hydrogen-bond donors (Lipinski definition) is 1. The Morgan fingerprint density at radius 3 is 2.44 bits per heavy atom. The molecule has 6 heteroatoms. The molecule has 2 heterocycles. The van der Waals surface area contributed by atoms with Crippen LogP contribution in [0.4, 0.5) is 5.82 Å². The van der Waals surface area contributed by atoms with Crippen LogP contribution < -0.4 is 10.2 Å². The minimum absolute atomic E-state index is 0.0227. The zero-order valence-corrected chi connectivity index (χ0v) is 20.3. The van der Waals surface area contributed by atoms with E-state index >= 15 is 0 Å². The van der Waals surface area contributed by atoms with Crippen LogP contribution in [-0.2, 0) is 5.41 Å². The Morgan fingerprint density at radius 2 is 1.72 bits per heavy atom. The van der Waals surface area contributed by atoms with E-state index in [2.05, 4.69) is 72.3 Å². The Labute approximate surface area is 195 Å². The van der Waals surface area contributed by atoms with Crippen LogP contribution in [-0.4, -0.2) is 54.4 Å². The molecule has 2 aromatic carbocycles. The van der Waals surface area contributed by atoms with Crippen LogP contribution in [0.3, 0.4) is 0 Å². The zero-order valence-electron chi connectivity index (χ0n) is 19.4. The maximum atomic E-state index is 12.4. The van der Waals surface area contributed by atoms with E-state index in [1.807, 2.05) is 12.1 Å². The molecular weight excluding hydrogens is 416 g/mol. The van der Waals surface area contributed by atoms with Gasteiger partial charge in [0.25, 0.3) is 5.91 Å². The predicted octanol–water partition coefficient (Wildman–Crippen LogP) is 4.93. The molecule has 1 N–H and O–H groups in total. The topological polar surface area (TPSA) is 48.5 Å². The highest BCUT2D eigenvalue weighted by Crippen LogP contribution is 2.29. The quantitative estimate of drug-likeness (QED) is 0.519. The van der Waals surface area contributed by atoms with E-state index in [0.29, 0.717) is 0 Å². The zero-order chi connectivity index (χ0) is 22.6. The highest BCUT2D eigenvalue weighted by molar-refractivity contribution is 7.13. The molecule has 1 saturated heterocycles. The van der Waals surface area contributed by atoms with Crippen molar-refractivity contribution in [2.75, 3.05) is 44.2 Å². The third kappa shape index (κ3) is 5.48. The highest BCUT2D eigenvalue weighted by atomic mass is 32.1. The Hall–Kier alpha value is -2.44. The first-order valence-corrected chi connectivity index (χ1v) is 12.4. The van der Waals surface area contributed by atoms with Gasteiger partial charge in [0.2, 0.25) is 0 Å².